The molecule has 3 nitrogen and oxygen atoms in total. The van der Waals surface area contributed by atoms with Gasteiger partial charge in [-0.25, -0.2) is 0 Å². The van der Waals surface area contributed by atoms with E-state index in [1.165, 1.54) is 32.8 Å². The molecule has 0 spiro atoms. The maximum Gasteiger partial charge on any atom is 0.142 e. The molecule has 0 bridgehead atoms. The highest BCUT2D eigenvalue weighted by molar-refractivity contribution is 6.14. The molecule has 11 rings (SSSR count). The summed E-state index contributed by atoms with van der Waals surface area (Å²) in [4.78, 5) is 2.39. The van der Waals surface area contributed by atoms with Crippen LogP contribution in [0.5, 0.6) is 0 Å². The van der Waals surface area contributed by atoms with Crippen molar-refractivity contribution in [3.63, 3.8) is 0 Å². The summed E-state index contributed by atoms with van der Waals surface area (Å²) in [6.45, 7) is 0. The summed E-state index contributed by atoms with van der Waals surface area (Å²) in [6, 6.07) is 63.0. The Kier molecular flexibility index (Phi) is 7.31. The summed E-state index contributed by atoms with van der Waals surface area (Å²) < 4.78 is 12.9. The number of aryl methyl sites for hydroxylation is 1. The molecule has 2 heterocycles. The average molecular weight is 706 g/mol. The van der Waals surface area contributed by atoms with Crippen LogP contribution in [0, 0.1) is 0 Å². The molecule has 8 aromatic carbocycles. The van der Waals surface area contributed by atoms with Crippen molar-refractivity contribution in [3.05, 3.63) is 193 Å². The fourth-order valence-electron chi connectivity index (χ4n) is 8.60. The summed E-state index contributed by atoms with van der Waals surface area (Å²) in [6.07, 6.45) is 6.41. The standard InChI is InChI=1S/C52H35NO2/c1-2-17-39-34(13-1)14-10-21-40(39)36-15-9-16-38(33-36)53(37-31-29-35(30-32-37)41-22-11-24-45-43-19-4-7-26-48(43)55-52(41)45)47-25-6-3-18-42(47)44-23-12-28-50-51(44)46-20-5-8-27-49(46)54-50/h1-6,8-25,27-33H,7,26H2. The second-order valence-electron chi connectivity index (χ2n) is 14.3. The lowest BCUT2D eigenvalue weighted by Gasteiger charge is -2.28. The molecule has 0 saturated heterocycles. The topological polar surface area (TPSA) is 29.5 Å². The van der Waals surface area contributed by atoms with Crippen molar-refractivity contribution in [2.24, 2.45) is 0 Å². The molecule has 0 amide bonds. The summed E-state index contributed by atoms with van der Waals surface area (Å²) >= 11 is 0. The number of rotatable bonds is 6. The van der Waals surface area contributed by atoms with Gasteiger partial charge in [-0.1, -0.05) is 146 Å². The average Bonchev–Trinajstić information content (AvgIpc) is 3.83. The predicted molar refractivity (Wildman–Crippen MR) is 229 cm³/mol. The number of allylic oxidation sites excluding steroid dienone is 1. The van der Waals surface area contributed by atoms with Crippen LogP contribution in [0.2, 0.25) is 0 Å². The molecule has 0 unspecified atom stereocenters. The van der Waals surface area contributed by atoms with Crippen LogP contribution in [0.1, 0.15) is 17.7 Å². The molecule has 55 heavy (non-hydrogen) atoms. The van der Waals surface area contributed by atoms with E-state index in [9.17, 15) is 0 Å². The van der Waals surface area contributed by atoms with Gasteiger partial charge >= 0.3 is 0 Å². The highest BCUT2D eigenvalue weighted by atomic mass is 16.3. The van der Waals surface area contributed by atoms with Crippen LogP contribution in [-0.2, 0) is 6.42 Å². The third kappa shape index (κ3) is 5.20. The Labute approximate surface area is 319 Å². The monoisotopic (exact) mass is 705 g/mol. The van der Waals surface area contributed by atoms with E-state index in [1.54, 1.807) is 0 Å². The SMILES string of the molecule is C1=Cc2c(oc3c(-c4ccc(N(c5cccc(-c6cccc7ccccc67)c5)c5ccccc5-c5cccc6oc7ccccc7c56)cc4)cccc23)CC1. The lowest BCUT2D eigenvalue weighted by atomic mass is 9.95. The number of fused-ring (bicyclic) bond motifs is 7. The molecular weight excluding hydrogens is 671 g/mol. The number of benzene rings is 8. The van der Waals surface area contributed by atoms with Crippen LogP contribution in [0.4, 0.5) is 17.1 Å². The Morgan fingerprint density at radius 1 is 0.455 bits per heavy atom. The molecule has 0 aliphatic heterocycles. The number of hydrogen-bond donors (Lipinski definition) is 0. The van der Waals surface area contributed by atoms with Gasteiger partial charge in [-0.05, 0) is 81.9 Å². The second-order valence-corrected chi connectivity index (χ2v) is 14.3. The van der Waals surface area contributed by atoms with Crippen molar-refractivity contribution in [1.29, 1.82) is 0 Å². The van der Waals surface area contributed by atoms with Crippen molar-refractivity contribution < 1.29 is 8.83 Å². The zero-order chi connectivity index (χ0) is 36.3. The molecule has 0 fully saturated rings. The molecule has 0 radical (unpaired) electrons. The Hall–Kier alpha value is -7.10. The summed E-state index contributed by atoms with van der Waals surface area (Å²) in [5.41, 5.74) is 14.0. The van der Waals surface area contributed by atoms with E-state index in [1.807, 2.05) is 12.1 Å². The fraction of sp³-hybridized carbons (Fsp3) is 0.0385. The van der Waals surface area contributed by atoms with Crippen molar-refractivity contribution in [3.8, 4) is 33.4 Å². The van der Waals surface area contributed by atoms with Gasteiger partial charge in [0, 0.05) is 50.6 Å². The van der Waals surface area contributed by atoms with Crippen molar-refractivity contribution >= 4 is 66.8 Å². The van der Waals surface area contributed by atoms with Gasteiger partial charge in [0.15, 0.2) is 0 Å². The third-order valence-corrected chi connectivity index (χ3v) is 11.1. The molecule has 10 aromatic rings. The number of hydrogen-bond acceptors (Lipinski definition) is 3. The molecular formula is C52H35NO2. The Morgan fingerprint density at radius 3 is 2.09 bits per heavy atom. The Morgan fingerprint density at radius 2 is 1.15 bits per heavy atom. The highest BCUT2D eigenvalue weighted by Gasteiger charge is 2.22. The Balaban J connectivity index is 1.10. The molecule has 260 valence electrons. The predicted octanol–water partition coefficient (Wildman–Crippen LogP) is 14.9. The van der Waals surface area contributed by atoms with E-state index in [0.29, 0.717) is 0 Å². The van der Waals surface area contributed by atoms with Crippen LogP contribution in [0.3, 0.4) is 0 Å². The smallest absolute Gasteiger partial charge is 0.142 e. The van der Waals surface area contributed by atoms with Crippen LogP contribution >= 0.6 is 0 Å². The minimum atomic E-state index is 0.881. The van der Waals surface area contributed by atoms with Gasteiger partial charge in [0.1, 0.15) is 22.5 Å². The van der Waals surface area contributed by atoms with Crippen molar-refractivity contribution in [2.45, 2.75) is 12.8 Å². The number of furan rings is 2. The second kappa shape index (κ2) is 12.8. The molecule has 3 heteroatoms. The maximum atomic E-state index is 6.53. The van der Waals surface area contributed by atoms with E-state index in [4.69, 9.17) is 8.83 Å². The first-order valence-corrected chi connectivity index (χ1v) is 19.0. The largest absolute Gasteiger partial charge is 0.460 e. The lowest BCUT2D eigenvalue weighted by molar-refractivity contribution is 0.547. The van der Waals surface area contributed by atoms with Crippen LogP contribution in [0.15, 0.2) is 191 Å². The number of para-hydroxylation sites is 3. The number of nitrogens with zero attached hydrogens (tertiary/aromatic N) is 1. The van der Waals surface area contributed by atoms with Gasteiger partial charge in [-0.15, -0.1) is 0 Å². The van der Waals surface area contributed by atoms with Crippen molar-refractivity contribution in [1.82, 2.24) is 0 Å². The quantitative estimate of drug-likeness (QED) is 0.172. The van der Waals surface area contributed by atoms with E-state index in [0.717, 1.165) is 85.4 Å². The van der Waals surface area contributed by atoms with Crippen molar-refractivity contribution in [2.75, 3.05) is 4.90 Å². The minimum absolute atomic E-state index is 0.881. The zero-order valence-corrected chi connectivity index (χ0v) is 30.1. The van der Waals surface area contributed by atoms with E-state index in [-0.39, 0.29) is 0 Å². The normalized spacial score (nSPS) is 12.5. The van der Waals surface area contributed by atoms with Gasteiger partial charge in [0.2, 0.25) is 0 Å². The van der Waals surface area contributed by atoms with Crippen LogP contribution in [-0.4, -0.2) is 0 Å². The third-order valence-electron chi connectivity index (χ3n) is 11.1. The Bertz CT molecular complexity index is 3100. The zero-order valence-electron chi connectivity index (χ0n) is 30.1. The lowest BCUT2D eigenvalue weighted by Crippen LogP contribution is -2.11. The molecule has 0 saturated carbocycles. The van der Waals surface area contributed by atoms with Gasteiger partial charge < -0.3 is 13.7 Å². The van der Waals surface area contributed by atoms with Crippen LogP contribution < -0.4 is 4.90 Å². The first kappa shape index (κ1) is 31.4. The molecule has 0 atom stereocenters. The summed E-state index contributed by atoms with van der Waals surface area (Å²) in [5.74, 6) is 1.08. The van der Waals surface area contributed by atoms with Gasteiger partial charge in [-0.3, -0.25) is 0 Å². The van der Waals surface area contributed by atoms with Gasteiger partial charge in [0.05, 0.1) is 5.69 Å². The fourth-order valence-corrected chi connectivity index (χ4v) is 8.60. The molecule has 0 N–H and O–H groups in total. The molecule has 1 aliphatic carbocycles. The van der Waals surface area contributed by atoms with Gasteiger partial charge in [-0.2, -0.15) is 0 Å². The van der Waals surface area contributed by atoms with E-state index in [2.05, 4.69) is 181 Å². The first-order valence-electron chi connectivity index (χ1n) is 19.0. The minimum Gasteiger partial charge on any atom is -0.460 e. The summed E-state index contributed by atoms with van der Waals surface area (Å²) in [7, 11) is 0. The first-order chi connectivity index (χ1) is 27.3. The highest BCUT2D eigenvalue weighted by Crippen LogP contribution is 2.46. The summed E-state index contributed by atoms with van der Waals surface area (Å²) in [5, 5.41) is 5.87. The van der Waals surface area contributed by atoms with E-state index < -0.39 is 0 Å². The van der Waals surface area contributed by atoms with Crippen LogP contribution in [0.25, 0.3) is 83.1 Å². The maximum absolute atomic E-state index is 6.53. The van der Waals surface area contributed by atoms with Gasteiger partial charge in [0.25, 0.3) is 0 Å². The molecule has 1 aliphatic rings. The number of anilines is 3. The van der Waals surface area contributed by atoms with E-state index >= 15 is 0 Å². The molecule has 2 aromatic heterocycles.